The van der Waals surface area contributed by atoms with Crippen molar-refractivity contribution in [3.8, 4) is 0 Å². The molecule has 4 nitrogen and oxygen atoms in total. The predicted octanol–water partition coefficient (Wildman–Crippen LogP) is 0.422. The van der Waals surface area contributed by atoms with Gasteiger partial charge in [-0.2, -0.15) is 0 Å². The first-order valence-corrected chi connectivity index (χ1v) is 4.52. The van der Waals surface area contributed by atoms with Crippen LogP contribution in [0.3, 0.4) is 0 Å². The molecule has 0 aliphatic heterocycles. The van der Waals surface area contributed by atoms with Gasteiger partial charge >= 0.3 is 5.97 Å². The maximum Gasteiger partial charge on any atom is 0.319 e. The molecule has 0 radical (unpaired) electrons. The zero-order chi connectivity index (χ0) is 10.1. The number of rotatable bonds is 7. The number of ether oxygens (including phenoxy) is 2. The summed E-state index contributed by atoms with van der Waals surface area (Å²) in [5, 5.41) is 2.91. The lowest BCUT2D eigenvalue weighted by Gasteiger charge is -2.06. The predicted molar refractivity (Wildman–Crippen MR) is 50.5 cm³/mol. The van der Waals surface area contributed by atoms with Crippen molar-refractivity contribution < 1.29 is 14.3 Å². The summed E-state index contributed by atoms with van der Waals surface area (Å²) < 4.78 is 9.75. The van der Waals surface area contributed by atoms with Crippen molar-refractivity contribution in [2.24, 2.45) is 5.92 Å². The van der Waals surface area contributed by atoms with Crippen molar-refractivity contribution in [3.05, 3.63) is 0 Å². The molecule has 0 aliphatic carbocycles. The molecule has 1 N–H and O–H groups in total. The van der Waals surface area contributed by atoms with E-state index in [9.17, 15) is 4.79 Å². The Labute approximate surface area is 79.6 Å². The summed E-state index contributed by atoms with van der Waals surface area (Å²) in [6.45, 7) is 6.53. The molecule has 0 aromatic heterocycles. The van der Waals surface area contributed by atoms with Crippen LogP contribution in [0.2, 0.25) is 0 Å². The second kappa shape index (κ2) is 8.01. The first kappa shape index (κ1) is 12.4. The maximum absolute atomic E-state index is 10.6. The standard InChI is InChI=1S/C9H19NO3/c1-8(2)7-13-5-4-10-6-9(11)12-3/h8,10H,4-7H2,1-3H3. The van der Waals surface area contributed by atoms with Crippen molar-refractivity contribution in [3.63, 3.8) is 0 Å². The summed E-state index contributed by atoms with van der Waals surface area (Å²) in [4.78, 5) is 10.6. The summed E-state index contributed by atoms with van der Waals surface area (Å²) in [5.74, 6) is 0.310. The lowest BCUT2D eigenvalue weighted by molar-refractivity contribution is -0.139. The lowest BCUT2D eigenvalue weighted by atomic mass is 10.2. The van der Waals surface area contributed by atoms with Crippen molar-refractivity contribution in [1.82, 2.24) is 5.32 Å². The van der Waals surface area contributed by atoms with Crippen LogP contribution in [0.4, 0.5) is 0 Å². The Hall–Kier alpha value is -0.610. The van der Waals surface area contributed by atoms with E-state index >= 15 is 0 Å². The lowest BCUT2D eigenvalue weighted by Crippen LogP contribution is -2.27. The highest BCUT2D eigenvalue weighted by Gasteiger charge is 1.97. The van der Waals surface area contributed by atoms with Crippen LogP contribution in [-0.4, -0.2) is 39.4 Å². The Morgan fingerprint density at radius 1 is 1.46 bits per heavy atom. The highest BCUT2D eigenvalue weighted by atomic mass is 16.5. The van der Waals surface area contributed by atoms with E-state index in [1.807, 2.05) is 0 Å². The second-order valence-electron chi connectivity index (χ2n) is 3.22. The molecule has 0 fully saturated rings. The topological polar surface area (TPSA) is 47.6 Å². The van der Waals surface area contributed by atoms with Crippen LogP contribution in [0.25, 0.3) is 0 Å². The van der Waals surface area contributed by atoms with Gasteiger partial charge in [0.05, 0.1) is 20.3 Å². The van der Waals surface area contributed by atoms with Crippen LogP contribution in [0.1, 0.15) is 13.8 Å². The Kier molecular flexibility index (Phi) is 7.63. The number of carbonyl (C=O) groups is 1. The van der Waals surface area contributed by atoms with Crippen LogP contribution >= 0.6 is 0 Å². The summed E-state index contributed by atoms with van der Waals surface area (Å²) in [5.41, 5.74) is 0. The number of hydrogen-bond donors (Lipinski definition) is 1. The van der Waals surface area contributed by atoms with Gasteiger partial charge in [0, 0.05) is 13.2 Å². The molecular weight excluding hydrogens is 170 g/mol. The third-order valence-electron chi connectivity index (χ3n) is 1.37. The molecule has 0 aromatic carbocycles. The van der Waals surface area contributed by atoms with Crippen LogP contribution < -0.4 is 5.32 Å². The van der Waals surface area contributed by atoms with Crippen LogP contribution in [0.15, 0.2) is 0 Å². The number of esters is 1. The van der Waals surface area contributed by atoms with Gasteiger partial charge in [-0.1, -0.05) is 13.8 Å². The molecule has 4 heteroatoms. The molecule has 13 heavy (non-hydrogen) atoms. The maximum atomic E-state index is 10.6. The molecule has 0 unspecified atom stereocenters. The van der Waals surface area contributed by atoms with Crippen molar-refractivity contribution in [1.29, 1.82) is 0 Å². The average Bonchev–Trinajstić information content (AvgIpc) is 2.10. The van der Waals surface area contributed by atoms with E-state index in [1.54, 1.807) is 0 Å². The summed E-state index contributed by atoms with van der Waals surface area (Å²) in [6, 6.07) is 0. The molecule has 0 amide bonds. The Balaban J connectivity index is 3.04. The summed E-state index contributed by atoms with van der Waals surface area (Å²) >= 11 is 0. The second-order valence-corrected chi connectivity index (χ2v) is 3.22. The smallest absolute Gasteiger partial charge is 0.319 e. The minimum atomic E-state index is -0.246. The van der Waals surface area contributed by atoms with Gasteiger partial charge in [0.1, 0.15) is 0 Å². The third-order valence-corrected chi connectivity index (χ3v) is 1.37. The Morgan fingerprint density at radius 3 is 2.69 bits per heavy atom. The van der Waals surface area contributed by atoms with Gasteiger partial charge in [-0.3, -0.25) is 4.79 Å². The van der Waals surface area contributed by atoms with E-state index in [4.69, 9.17) is 4.74 Å². The molecule has 0 aliphatic rings. The van der Waals surface area contributed by atoms with Gasteiger partial charge in [0.25, 0.3) is 0 Å². The number of hydrogen-bond acceptors (Lipinski definition) is 4. The molecule has 0 heterocycles. The molecule has 0 saturated heterocycles. The molecule has 0 atom stereocenters. The van der Waals surface area contributed by atoms with Gasteiger partial charge < -0.3 is 14.8 Å². The molecule has 0 saturated carbocycles. The van der Waals surface area contributed by atoms with E-state index in [1.165, 1.54) is 7.11 Å². The summed E-state index contributed by atoms with van der Waals surface area (Å²) in [7, 11) is 1.37. The number of methoxy groups -OCH3 is 1. The SMILES string of the molecule is COC(=O)CNCCOCC(C)C. The molecule has 78 valence electrons. The van der Waals surface area contributed by atoms with E-state index in [0.29, 0.717) is 19.1 Å². The van der Waals surface area contributed by atoms with Gasteiger partial charge in [-0.25, -0.2) is 0 Å². The zero-order valence-electron chi connectivity index (χ0n) is 8.63. The molecule has 0 rings (SSSR count). The molecule has 0 spiro atoms. The van der Waals surface area contributed by atoms with E-state index in [-0.39, 0.29) is 12.5 Å². The van der Waals surface area contributed by atoms with Gasteiger partial charge in [-0.05, 0) is 5.92 Å². The molecule has 0 aromatic rings. The Bertz CT molecular complexity index is 137. The fourth-order valence-electron chi connectivity index (χ4n) is 0.726. The number of nitrogens with one attached hydrogen (secondary N) is 1. The zero-order valence-corrected chi connectivity index (χ0v) is 8.63. The first-order chi connectivity index (χ1) is 6.16. The highest BCUT2D eigenvalue weighted by molar-refractivity contribution is 5.71. The fourth-order valence-corrected chi connectivity index (χ4v) is 0.726. The van der Waals surface area contributed by atoms with Gasteiger partial charge in [-0.15, -0.1) is 0 Å². The minimum absolute atomic E-state index is 0.246. The van der Waals surface area contributed by atoms with Gasteiger partial charge in [0.15, 0.2) is 0 Å². The van der Waals surface area contributed by atoms with Gasteiger partial charge in [0.2, 0.25) is 0 Å². The largest absolute Gasteiger partial charge is 0.468 e. The summed E-state index contributed by atoms with van der Waals surface area (Å²) in [6.07, 6.45) is 0. The van der Waals surface area contributed by atoms with Crippen molar-refractivity contribution in [2.75, 3.05) is 33.4 Å². The quantitative estimate of drug-likeness (QED) is 0.466. The van der Waals surface area contributed by atoms with E-state index in [2.05, 4.69) is 23.9 Å². The monoisotopic (exact) mass is 189 g/mol. The van der Waals surface area contributed by atoms with E-state index < -0.39 is 0 Å². The molecule has 0 bridgehead atoms. The van der Waals surface area contributed by atoms with Crippen molar-refractivity contribution >= 4 is 5.97 Å². The third kappa shape index (κ3) is 9.30. The van der Waals surface area contributed by atoms with Crippen molar-refractivity contribution in [2.45, 2.75) is 13.8 Å². The van der Waals surface area contributed by atoms with Crippen LogP contribution in [0.5, 0.6) is 0 Å². The average molecular weight is 189 g/mol. The van der Waals surface area contributed by atoms with Crippen LogP contribution in [-0.2, 0) is 14.3 Å². The number of carbonyl (C=O) groups excluding carboxylic acids is 1. The first-order valence-electron chi connectivity index (χ1n) is 4.52. The fraction of sp³-hybridized carbons (Fsp3) is 0.889. The van der Waals surface area contributed by atoms with E-state index in [0.717, 1.165) is 6.61 Å². The molecular formula is C9H19NO3. The van der Waals surface area contributed by atoms with Crippen LogP contribution in [0, 0.1) is 5.92 Å². The minimum Gasteiger partial charge on any atom is -0.468 e. The normalized spacial score (nSPS) is 10.5. The highest BCUT2D eigenvalue weighted by Crippen LogP contribution is 1.90. The Morgan fingerprint density at radius 2 is 2.15 bits per heavy atom.